The smallest absolute Gasteiger partial charge is 0.416 e. The van der Waals surface area contributed by atoms with E-state index in [1.165, 1.54) is 33.5 Å². The first-order valence-corrected chi connectivity index (χ1v) is 9.02. The summed E-state index contributed by atoms with van der Waals surface area (Å²) >= 11 is 3.40. The first kappa shape index (κ1) is 25.5. The standard InChI is InChI=1S/C19H19BrF3NO5.H2O/c1-26-14-7-11(16(20)18(28-3)17(14)27-2)9-29-10-15(25)24-13-6-4-5-12(8-13)19(21,22)23;/h4-8H,9-10H2,1-3H3,(H,24,25);1H2. The number of nitrogens with one attached hydrogen (secondary N) is 1. The molecule has 2 aromatic carbocycles. The molecule has 3 N–H and O–H groups in total. The van der Waals surface area contributed by atoms with E-state index in [0.29, 0.717) is 27.3 Å². The Kier molecular flexibility index (Phi) is 9.40. The number of alkyl halides is 3. The number of rotatable bonds is 8. The van der Waals surface area contributed by atoms with Crippen molar-refractivity contribution in [2.24, 2.45) is 0 Å². The second kappa shape index (κ2) is 11.0. The zero-order valence-corrected chi connectivity index (χ0v) is 17.9. The first-order chi connectivity index (χ1) is 13.7. The highest BCUT2D eigenvalue weighted by atomic mass is 79.9. The number of carbonyl (C=O) groups excluding carboxylic acids is 1. The summed E-state index contributed by atoms with van der Waals surface area (Å²) < 4.78 is 60.0. The van der Waals surface area contributed by atoms with Crippen LogP contribution >= 0.6 is 15.9 Å². The van der Waals surface area contributed by atoms with Crippen LogP contribution in [0.4, 0.5) is 18.9 Å². The van der Waals surface area contributed by atoms with Crippen LogP contribution in [0.5, 0.6) is 17.2 Å². The molecule has 0 aliphatic heterocycles. The number of amides is 1. The summed E-state index contributed by atoms with van der Waals surface area (Å²) in [6, 6.07) is 6.02. The number of hydrogen-bond donors (Lipinski definition) is 1. The lowest BCUT2D eigenvalue weighted by atomic mass is 10.2. The fourth-order valence-electron chi connectivity index (χ4n) is 2.50. The molecule has 0 aliphatic carbocycles. The van der Waals surface area contributed by atoms with Crippen LogP contribution in [-0.4, -0.2) is 39.3 Å². The minimum absolute atomic E-state index is 0. The number of halogens is 4. The van der Waals surface area contributed by atoms with Gasteiger partial charge in [0.05, 0.1) is 38.0 Å². The van der Waals surface area contributed by atoms with Crippen molar-refractivity contribution in [3.05, 3.63) is 45.9 Å². The van der Waals surface area contributed by atoms with Crippen molar-refractivity contribution in [1.29, 1.82) is 0 Å². The summed E-state index contributed by atoms with van der Waals surface area (Å²) in [7, 11) is 4.41. The van der Waals surface area contributed by atoms with Crippen LogP contribution in [0.15, 0.2) is 34.8 Å². The summed E-state index contributed by atoms with van der Waals surface area (Å²) in [5.74, 6) is 0.624. The van der Waals surface area contributed by atoms with E-state index in [-0.39, 0.29) is 24.4 Å². The van der Waals surface area contributed by atoms with Crippen LogP contribution in [0.1, 0.15) is 11.1 Å². The van der Waals surface area contributed by atoms with Gasteiger partial charge in [-0.1, -0.05) is 6.07 Å². The van der Waals surface area contributed by atoms with Gasteiger partial charge in [0, 0.05) is 5.69 Å². The van der Waals surface area contributed by atoms with Gasteiger partial charge >= 0.3 is 6.18 Å². The van der Waals surface area contributed by atoms with Crippen LogP contribution in [0.3, 0.4) is 0 Å². The molecule has 2 rings (SSSR count). The predicted molar refractivity (Wildman–Crippen MR) is 107 cm³/mol. The Bertz CT molecular complexity index is 876. The molecule has 0 spiro atoms. The van der Waals surface area contributed by atoms with E-state index in [2.05, 4.69) is 21.2 Å². The van der Waals surface area contributed by atoms with Crippen molar-refractivity contribution in [1.82, 2.24) is 0 Å². The fraction of sp³-hybridized carbons (Fsp3) is 0.316. The normalized spacial score (nSPS) is 10.8. The Balaban J connectivity index is 0.00000450. The number of ether oxygens (including phenoxy) is 4. The third-order valence-corrected chi connectivity index (χ3v) is 4.68. The molecule has 0 atom stereocenters. The molecule has 0 heterocycles. The Morgan fingerprint density at radius 1 is 1.07 bits per heavy atom. The topological polar surface area (TPSA) is 97.5 Å². The SMILES string of the molecule is COc1cc(COCC(=O)Nc2cccc(C(F)(F)F)c2)c(Br)c(OC)c1OC.O. The third kappa shape index (κ3) is 6.25. The number of anilines is 1. The van der Waals surface area contributed by atoms with Gasteiger partial charge in [0.2, 0.25) is 11.7 Å². The van der Waals surface area contributed by atoms with Crippen LogP contribution in [0.2, 0.25) is 0 Å². The average molecular weight is 496 g/mol. The molecule has 0 saturated heterocycles. The minimum atomic E-state index is -4.49. The van der Waals surface area contributed by atoms with E-state index in [0.717, 1.165) is 12.1 Å². The molecule has 166 valence electrons. The zero-order chi connectivity index (χ0) is 21.6. The maximum absolute atomic E-state index is 12.7. The second-order valence-electron chi connectivity index (χ2n) is 5.74. The highest BCUT2D eigenvalue weighted by molar-refractivity contribution is 9.10. The van der Waals surface area contributed by atoms with Gasteiger partial charge in [0.1, 0.15) is 6.61 Å². The molecule has 0 aliphatic rings. The van der Waals surface area contributed by atoms with Gasteiger partial charge in [0.15, 0.2) is 11.5 Å². The third-order valence-electron chi connectivity index (χ3n) is 3.81. The zero-order valence-electron chi connectivity index (χ0n) is 16.4. The molecule has 11 heteroatoms. The van der Waals surface area contributed by atoms with Crippen molar-refractivity contribution in [3.63, 3.8) is 0 Å². The quantitative estimate of drug-likeness (QED) is 0.600. The molecule has 30 heavy (non-hydrogen) atoms. The summed E-state index contributed by atoms with van der Waals surface area (Å²) in [5, 5.41) is 2.37. The first-order valence-electron chi connectivity index (χ1n) is 8.23. The van der Waals surface area contributed by atoms with Crippen molar-refractivity contribution >= 4 is 27.5 Å². The number of benzene rings is 2. The van der Waals surface area contributed by atoms with Gasteiger partial charge in [-0.3, -0.25) is 4.79 Å². The summed E-state index contributed by atoms with van der Waals surface area (Å²) in [5.41, 5.74) is -0.189. The lowest BCUT2D eigenvalue weighted by molar-refractivity contribution is -0.137. The summed E-state index contributed by atoms with van der Waals surface area (Å²) in [6.45, 7) is -0.341. The number of hydrogen-bond acceptors (Lipinski definition) is 5. The Hall–Kier alpha value is -2.50. The fourth-order valence-corrected chi connectivity index (χ4v) is 3.07. The summed E-state index contributed by atoms with van der Waals surface area (Å²) in [6.07, 6.45) is -4.49. The number of methoxy groups -OCH3 is 3. The lowest BCUT2D eigenvalue weighted by Gasteiger charge is -2.16. The van der Waals surface area contributed by atoms with Gasteiger partial charge in [-0.25, -0.2) is 0 Å². The second-order valence-corrected chi connectivity index (χ2v) is 6.53. The average Bonchev–Trinajstić information content (AvgIpc) is 2.68. The van der Waals surface area contributed by atoms with Crippen molar-refractivity contribution in [3.8, 4) is 17.2 Å². The van der Waals surface area contributed by atoms with E-state index in [4.69, 9.17) is 18.9 Å². The monoisotopic (exact) mass is 495 g/mol. The van der Waals surface area contributed by atoms with Crippen molar-refractivity contribution in [2.45, 2.75) is 12.8 Å². The largest absolute Gasteiger partial charge is 0.493 e. The van der Waals surface area contributed by atoms with Gasteiger partial charge in [-0.05, 0) is 45.8 Å². The van der Waals surface area contributed by atoms with Crippen LogP contribution in [0, 0.1) is 0 Å². The minimum Gasteiger partial charge on any atom is -0.493 e. The number of carbonyl (C=O) groups is 1. The maximum Gasteiger partial charge on any atom is 0.416 e. The molecule has 0 aromatic heterocycles. The Labute approximate surface area is 179 Å². The van der Waals surface area contributed by atoms with Gasteiger partial charge in [-0.15, -0.1) is 0 Å². The molecule has 0 saturated carbocycles. The lowest BCUT2D eigenvalue weighted by Crippen LogP contribution is -2.18. The highest BCUT2D eigenvalue weighted by Crippen LogP contribution is 2.44. The molecular formula is C19H21BrF3NO6. The van der Waals surface area contributed by atoms with Gasteiger partial charge in [0.25, 0.3) is 0 Å². The molecule has 7 nitrogen and oxygen atoms in total. The van der Waals surface area contributed by atoms with Crippen LogP contribution in [0.25, 0.3) is 0 Å². The summed E-state index contributed by atoms with van der Waals surface area (Å²) in [4.78, 5) is 12.0. The maximum atomic E-state index is 12.7. The van der Waals surface area contributed by atoms with Crippen molar-refractivity contribution < 1.29 is 42.4 Å². The molecule has 0 radical (unpaired) electrons. The van der Waals surface area contributed by atoms with Crippen LogP contribution < -0.4 is 19.5 Å². The van der Waals surface area contributed by atoms with Gasteiger partial charge < -0.3 is 29.7 Å². The van der Waals surface area contributed by atoms with Crippen molar-refractivity contribution in [2.75, 3.05) is 33.3 Å². The van der Waals surface area contributed by atoms with Gasteiger partial charge in [-0.2, -0.15) is 13.2 Å². The molecular weight excluding hydrogens is 475 g/mol. The molecule has 0 unspecified atom stereocenters. The predicted octanol–water partition coefficient (Wildman–Crippen LogP) is 3.82. The molecule has 2 aromatic rings. The van der Waals surface area contributed by atoms with E-state index in [9.17, 15) is 18.0 Å². The molecule has 1 amide bonds. The van der Waals surface area contributed by atoms with E-state index in [1.807, 2.05) is 0 Å². The van der Waals surface area contributed by atoms with Crippen LogP contribution in [-0.2, 0) is 22.3 Å². The van der Waals surface area contributed by atoms with E-state index in [1.54, 1.807) is 6.07 Å². The highest BCUT2D eigenvalue weighted by Gasteiger charge is 2.30. The Morgan fingerprint density at radius 2 is 1.73 bits per heavy atom. The molecule has 0 bridgehead atoms. The van der Waals surface area contributed by atoms with E-state index < -0.39 is 17.6 Å². The Morgan fingerprint density at radius 3 is 2.30 bits per heavy atom. The molecule has 0 fully saturated rings. The van der Waals surface area contributed by atoms with E-state index >= 15 is 0 Å².